The molecule has 1 aromatic carbocycles. The zero-order chi connectivity index (χ0) is 13.1. The Bertz CT molecular complexity index is 612. The quantitative estimate of drug-likeness (QED) is 0.836. The fourth-order valence-electron chi connectivity index (χ4n) is 1.74. The van der Waals surface area contributed by atoms with E-state index in [1.165, 1.54) is 3.57 Å². The third-order valence-corrected chi connectivity index (χ3v) is 3.28. The van der Waals surface area contributed by atoms with Crippen molar-refractivity contribution in [1.29, 1.82) is 5.26 Å². The Morgan fingerprint density at radius 3 is 2.50 bits per heavy atom. The molecule has 1 N–H and O–H groups in total. The second kappa shape index (κ2) is 5.36. The number of nitrogens with zero attached hydrogens (tertiary/aromatic N) is 2. The van der Waals surface area contributed by atoms with Crippen LogP contribution in [0.2, 0.25) is 0 Å². The van der Waals surface area contributed by atoms with Crippen LogP contribution < -0.4 is 5.32 Å². The van der Waals surface area contributed by atoms with Crippen molar-refractivity contribution >= 4 is 34.1 Å². The average molecular weight is 349 g/mol. The summed E-state index contributed by atoms with van der Waals surface area (Å²) >= 11 is 2.26. The molecule has 0 amide bonds. The van der Waals surface area contributed by atoms with Crippen LogP contribution in [0.3, 0.4) is 0 Å². The minimum Gasteiger partial charge on any atom is -0.339 e. The Kier molecular flexibility index (Phi) is 3.82. The maximum Gasteiger partial charge on any atom is 0.148 e. The Balaban J connectivity index is 2.40. The number of rotatable bonds is 2. The van der Waals surface area contributed by atoms with Crippen LogP contribution in [-0.4, -0.2) is 4.98 Å². The van der Waals surface area contributed by atoms with Crippen LogP contribution in [-0.2, 0) is 0 Å². The van der Waals surface area contributed by atoms with Gasteiger partial charge in [-0.25, -0.2) is 4.98 Å². The monoisotopic (exact) mass is 349 g/mol. The number of anilines is 2. The lowest BCUT2D eigenvalue weighted by atomic mass is 10.1. The first kappa shape index (κ1) is 12.8. The first-order chi connectivity index (χ1) is 8.60. The van der Waals surface area contributed by atoms with Crippen LogP contribution >= 0.6 is 22.6 Å². The number of benzene rings is 1. The van der Waals surface area contributed by atoms with Crippen LogP contribution in [0, 0.1) is 28.7 Å². The molecule has 0 atom stereocenters. The molecule has 0 bridgehead atoms. The van der Waals surface area contributed by atoms with E-state index in [0.717, 1.165) is 16.9 Å². The molecule has 0 aliphatic heterocycles. The largest absolute Gasteiger partial charge is 0.339 e. The summed E-state index contributed by atoms with van der Waals surface area (Å²) in [6.45, 7) is 3.85. The molecule has 2 aromatic rings. The highest BCUT2D eigenvalue weighted by atomic mass is 127. The molecule has 0 saturated heterocycles. The van der Waals surface area contributed by atoms with Crippen LogP contribution in [0.25, 0.3) is 0 Å². The zero-order valence-corrected chi connectivity index (χ0v) is 12.3. The average Bonchev–Trinajstić information content (AvgIpc) is 2.32. The Morgan fingerprint density at radius 1 is 1.22 bits per heavy atom. The number of aromatic nitrogens is 1. The standard InChI is InChI=1S/C14H12IN3/c1-9-7-10(2)17-14(13(9)8-16)18-12-5-3-11(15)4-6-12/h3-7H,1-2H3,(H,17,18). The van der Waals surface area contributed by atoms with E-state index in [4.69, 9.17) is 0 Å². The van der Waals surface area contributed by atoms with Crippen molar-refractivity contribution in [2.75, 3.05) is 5.32 Å². The fourth-order valence-corrected chi connectivity index (χ4v) is 2.10. The molecule has 4 heteroatoms. The van der Waals surface area contributed by atoms with E-state index in [1.807, 2.05) is 44.2 Å². The number of halogens is 1. The molecule has 0 spiro atoms. The van der Waals surface area contributed by atoms with Crippen molar-refractivity contribution in [3.63, 3.8) is 0 Å². The predicted molar refractivity (Wildman–Crippen MR) is 80.9 cm³/mol. The molecule has 0 aliphatic rings. The summed E-state index contributed by atoms with van der Waals surface area (Å²) in [5.74, 6) is 0.621. The molecule has 0 unspecified atom stereocenters. The summed E-state index contributed by atoms with van der Waals surface area (Å²) in [5, 5.41) is 12.4. The summed E-state index contributed by atoms with van der Waals surface area (Å²) < 4.78 is 1.17. The molecule has 1 heterocycles. The van der Waals surface area contributed by atoms with E-state index >= 15 is 0 Å². The molecular weight excluding hydrogens is 337 g/mol. The minimum atomic E-state index is 0.596. The van der Waals surface area contributed by atoms with Crippen molar-refractivity contribution in [1.82, 2.24) is 4.98 Å². The van der Waals surface area contributed by atoms with Gasteiger partial charge in [0.2, 0.25) is 0 Å². The molecule has 0 fully saturated rings. The van der Waals surface area contributed by atoms with Crippen molar-refractivity contribution < 1.29 is 0 Å². The van der Waals surface area contributed by atoms with E-state index in [-0.39, 0.29) is 0 Å². The summed E-state index contributed by atoms with van der Waals surface area (Å²) in [5.41, 5.74) is 3.38. The second-order valence-corrected chi connectivity index (χ2v) is 5.29. The van der Waals surface area contributed by atoms with Gasteiger partial charge in [-0.1, -0.05) is 0 Å². The van der Waals surface area contributed by atoms with E-state index in [2.05, 4.69) is 39.0 Å². The van der Waals surface area contributed by atoms with Crippen molar-refractivity contribution in [3.05, 3.63) is 50.7 Å². The van der Waals surface area contributed by atoms with Gasteiger partial charge >= 0.3 is 0 Å². The van der Waals surface area contributed by atoms with Gasteiger partial charge in [-0.15, -0.1) is 0 Å². The first-order valence-corrected chi connectivity index (χ1v) is 6.59. The predicted octanol–water partition coefficient (Wildman–Crippen LogP) is 3.92. The lowest BCUT2D eigenvalue weighted by Gasteiger charge is -2.10. The fraction of sp³-hybridized carbons (Fsp3) is 0.143. The van der Waals surface area contributed by atoms with Crippen LogP contribution in [0.5, 0.6) is 0 Å². The molecule has 18 heavy (non-hydrogen) atoms. The minimum absolute atomic E-state index is 0.596. The van der Waals surface area contributed by atoms with E-state index in [1.54, 1.807) is 0 Å². The van der Waals surface area contributed by atoms with E-state index < -0.39 is 0 Å². The van der Waals surface area contributed by atoms with Gasteiger partial charge < -0.3 is 5.32 Å². The maximum atomic E-state index is 9.18. The van der Waals surface area contributed by atoms with Gasteiger partial charge in [-0.05, 0) is 72.3 Å². The normalized spacial score (nSPS) is 9.89. The lowest BCUT2D eigenvalue weighted by molar-refractivity contribution is 1.16. The Morgan fingerprint density at radius 2 is 1.89 bits per heavy atom. The molecular formula is C14H12IN3. The van der Waals surface area contributed by atoms with E-state index in [0.29, 0.717) is 11.4 Å². The molecule has 0 aliphatic carbocycles. The van der Waals surface area contributed by atoms with Crippen molar-refractivity contribution in [2.45, 2.75) is 13.8 Å². The maximum absolute atomic E-state index is 9.18. The second-order valence-electron chi connectivity index (χ2n) is 4.05. The van der Waals surface area contributed by atoms with Gasteiger partial charge in [-0.3, -0.25) is 0 Å². The zero-order valence-electron chi connectivity index (χ0n) is 10.2. The summed E-state index contributed by atoms with van der Waals surface area (Å²) in [7, 11) is 0. The highest BCUT2D eigenvalue weighted by molar-refractivity contribution is 14.1. The Hall–Kier alpha value is -1.61. The summed E-state index contributed by atoms with van der Waals surface area (Å²) in [6.07, 6.45) is 0. The van der Waals surface area contributed by atoms with Crippen LogP contribution in [0.1, 0.15) is 16.8 Å². The lowest BCUT2D eigenvalue weighted by Crippen LogP contribution is -2.00. The third kappa shape index (κ3) is 2.79. The number of hydrogen-bond donors (Lipinski definition) is 1. The number of aryl methyl sites for hydroxylation is 2. The highest BCUT2D eigenvalue weighted by Crippen LogP contribution is 2.22. The van der Waals surface area contributed by atoms with Crippen LogP contribution in [0.4, 0.5) is 11.5 Å². The topological polar surface area (TPSA) is 48.7 Å². The van der Waals surface area contributed by atoms with E-state index in [9.17, 15) is 5.26 Å². The van der Waals surface area contributed by atoms with Gasteiger partial charge in [0.25, 0.3) is 0 Å². The SMILES string of the molecule is Cc1cc(C)c(C#N)c(Nc2ccc(I)cc2)n1. The molecule has 1 aromatic heterocycles. The number of nitriles is 1. The van der Waals surface area contributed by atoms with Crippen LogP contribution in [0.15, 0.2) is 30.3 Å². The van der Waals surface area contributed by atoms with Crippen molar-refractivity contribution in [3.8, 4) is 6.07 Å². The molecule has 0 saturated carbocycles. The van der Waals surface area contributed by atoms with Gasteiger partial charge in [0.05, 0.1) is 5.56 Å². The summed E-state index contributed by atoms with van der Waals surface area (Å²) in [4.78, 5) is 4.39. The smallest absolute Gasteiger partial charge is 0.148 e. The van der Waals surface area contributed by atoms with Gasteiger partial charge in [0.1, 0.15) is 11.9 Å². The number of hydrogen-bond acceptors (Lipinski definition) is 3. The molecule has 90 valence electrons. The van der Waals surface area contributed by atoms with Crippen molar-refractivity contribution in [2.24, 2.45) is 0 Å². The summed E-state index contributed by atoms with van der Waals surface area (Å²) in [6, 6.07) is 12.1. The third-order valence-electron chi connectivity index (χ3n) is 2.56. The van der Waals surface area contributed by atoms with Gasteiger partial charge in [0, 0.05) is 15.0 Å². The van der Waals surface area contributed by atoms with Gasteiger partial charge in [0.15, 0.2) is 0 Å². The highest BCUT2D eigenvalue weighted by Gasteiger charge is 2.08. The Labute approximate surface area is 120 Å². The molecule has 0 radical (unpaired) electrons. The molecule has 3 nitrogen and oxygen atoms in total. The first-order valence-electron chi connectivity index (χ1n) is 5.51. The van der Waals surface area contributed by atoms with Gasteiger partial charge in [-0.2, -0.15) is 5.26 Å². The molecule has 2 rings (SSSR count). The number of nitrogens with one attached hydrogen (secondary N) is 1. The number of pyridine rings is 1.